The zero-order valence-electron chi connectivity index (χ0n) is 21.3. The second-order valence-corrected chi connectivity index (χ2v) is 9.50. The molecule has 1 aromatic heterocycles. The molecule has 1 saturated heterocycles. The SMILES string of the molecule is CNC(=O)Nc1nc(C(=O)NC2=Nc3c(ccc(OCCCN4CCOCC4)c3OC)C3=NCCN23)cs1. The van der Waals surface area contributed by atoms with Crippen molar-refractivity contribution in [1.29, 1.82) is 0 Å². The Hall–Kier alpha value is -3.75. The van der Waals surface area contributed by atoms with Crippen LogP contribution in [-0.4, -0.2) is 105 Å². The van der Waals surface area contributed by atoms with Crippen molar-refractivity contribution in [1.82, 2.24) is 25.4 Å². The van der Waals surface area contributed by atoms with E-state index in [2.05, 4.69) is 30.8 Å². The van der Waals surface area contributed by atoms with Gasteiger partial charge >= 0.3 is 6.03 Å². The minimum atomic E-state index is -0.450. The van der Waals surface area contributed by atoms with Crippen molar-refractivity contribution in [2.24, 2.45) is 9.98 Å². The zero-order chi connectivity index (χ0) is 26.5. The highest BCUT2D eigenvalue weighted by atomic mass is 32.1. The summed E-state index contributed by atoms with van der Waals surface area (Å²) < 4.78 is 17.2. The van der Waals surface area contributed by atoms with Gasteiger partial charge in [0, 0.05) is 44.2 Å². The molecule has 0 radical (unpaired) electrons. The molecule has 5 rings (SSSR count). The molecule has 2 aromatic rings. The van der Waals surface area contributed by atoms with E-state index in [1.165, 1.54) is 7.05 Å². The second-order valence-electron chi connectivity index (χ2n) is 8.64. The normalized spacial score (nSPS) is 16.6. The molecule has 3 aliphatic rings. The number of carbonyl (C=O) groups excluding carboxylic acids is 2. The van der Waals surface area contributed by atoms with Crippen LogP contribution in [0.4, 0.5) is 15.6 Å². The van der Waals surface area contributed by atoms with Gasteiger partial charge in [0.25, 0.3) is 5.91 Å². The van der Waals surface area contributed by atoms with Crippen molar-refractivity contribution >= 4 is 45.9 Å². The van der Waals surface area contributed by atoms with Crippen LogP contribution >= 0.6 is 11.3 Å². The number of rotatable bonds is 8. The van der Waals surface area contributed by atoms with Gasteiger partial charge in [-0.05, 0) is 18.6 Å². The van der Waals surface area contributed by atoms with Crippen LogP contribution in [0.25, 0.3) is 0 Å². The van der Waals surface area contributed by atoms with E-state index in [-0.39, 0.29) is 5.69 Å². The molecule has 38 heavy (non-hydrogen) atoms. The van der Waals surface area contributed by atoms with E-state index in [4.69, 9.17) is 19.2 Å². The number of guanidine groups is 1. The number of nitrogens with zero attached hydrogens (tertiary/aromatic N) is 5. The molecule has 3 aliphatic heterocycles. The minimum Gasteiger partial charge on any atom is -0.491 e. The van der Waals surface area contributed by atoms with Gasteiger partial charge in [-0.15, -0.1) is 11.3 Å². The van der Waals surface area contributed by atoms with Crippen LogP contribution < -0.4 is 25.4 Å². The number of carbonyl (C=O) groups is 2. The molecule has 1 aromatic carbocycles. The monoisotopic (exact) mass is 542 g/mol. The van der Waals surface area contributed by atoms with Gasteiger partial charge in [0.05, 0.1) is 33.5 Å². The molecule has 0 unspecified atom stereocenters. The number of urea groups is 1. The predicted octanol–water partition coefficient (Wildman–Crippen LogP) is 1.50. The number of hydrogen-bond donors (Lipinski definition) is 3. The first-order valence-corrected chi connectivity index (χ1v) is 13.3. The number of fused-ring (bicyclic) bond motifs is 3. The number of benzene rings is 1. The molecule has 0 saturated carbocycles. The molecule has 14 heteroatoms. The molecule has 202 valence electrons. The summed E-state index contributed by atoms with van der Waals surface area (Å²) in [5.74, 6) is 1.66. The van der Waals surface area contributed by atoms with Crippen molar-refractivity contribution < 1.29 is 23.8 Å². The van der Waals surface area contributed by atoms with Crippen LogP contribution in [0.2, 0.25) is 0 Å². The number of aliphatic imine (C=N–C) groups is 2. The number of amides is 3. The molecule has 13 nitrogen and oxygen atoms in total. The third-order valence-corrected chi connectivity index (χ3v) is 7.00. The molecule has 4 heterocycles. The second kappa shape index (κ2) is 11.8. The summed E-state index contributed by atoms with van der Waals surface area (Å²) in [7, 11) is 3.07. The maximum Gasteiger partial charge on any atom is 0.320 e. The van der Waals surface area contributed by atoms with Gasteiger partial charge < -0.3 is 19.5 Å². The average molecular weight is 543 g/mol. The summed E-state index contributed by atoms with van der Waals surface area (Å²) in [5.41, 5.74) is 1.52. The van der Waals surface area contributed by atoms with E-state index in [0.717, 1.165) is 56.2 Å². The first kappa shape index (κ1) is 25.9. The van der Waals surface area contributed by atoms with Crippen molar-refractivity contribution in [2.45, 2.75) is 6.42 Å². The fraction of sp³-hybridized carbons (Fsp3) is 0.458. The van der Waals surface area contributed by atoms with E-state index in [0.29, 0.717) is 53.8 Å². The number of amidine groups is 1. The van der Waals surface area contributed by atoms with Gasteiger partial charge in [-0.25, -0.2) is 14.8 Å². The number of ether oxygens (including phenoxy) is 3. The van der Waals surface area contributed by atoms with E-state index < -0.39 is 11.9 Å². The van der Waals surface area contributed by atoms with Crippen LogP contribution in [0, 0.1) is 0 Å². The van der Waals surface area contributed by atoms with Crippen molar-refractivity contribution in [3.63, 3.8) is 0 Å². The molecule has 0 spiro atoms. The molecule has 0 atom stereocenters. The smallest absolute Gasteiger partial charge is 0.320 e. The first-order valence-electron chi connectivity index (χ1n) is 12.4. The highest BCUT2D eigenvalue weighted by Crippen LogP contribution is 2.43. The van der Waals surface area contributed by atoms with Gasteiger partial charge in [-0.2, -0.15) is 0 Å². The Labute approximate surface area is 223 Å². The van der Waals surface area contributed by atoms with Crippen molar-refractivity contribution in [3.8, 4) is 11.5 Å². The van der Waals surface area contributed by atoms with Gasteiger partial charge in [-0.3, -0.25) is 30.2 Å². The molecular formula is C24H30N8O5S. The fourth-order valence-corrected chi connectivity index (χ4v) is 5.04. The number of morpholine rings is 1. The largest absolute Gasteiger partial charge is 0.491 e. The summed E-state index contributed by atoms with van der Waals surface area (Å²) in [6.07, 6.45) is 0.871. The number of thiazole rings is 1. The maximum absolute atomic E-state index is 13.0. The van der Waals surface area contributed by atoms with Crippen LogP contribution in [0.5, 0.6) is 11.5 Å². The Morgan fingerprint density at radius 2 is 2.03 bits per heavy atom. The van der Waals surface area contributed by atoms with E-state index in [9.17, 15) is 9.59 Å². The third kappa shape index (κ3) is 5.56. The minimum absolute atomic E-state index is 0.164. The van der Waals surface area contributed by atoms with Crippen molar-refractivity contribution in [3.05, 3.63) is 28.8 Å². The fourth-order valence-electron chi connectivity index (χ4n) is 4.36. The average Bonchev–Trinajstić information content (AvgIpc) is 3.62. The molecular weight excluding hydrogens is 512 g/mol. The van der Waals surface area contributed by atoms with E-state index in [1.807, 2.05) is 17.0 Å². The van der Waals surface area contributed by atoms with Crippen LogP contribution in [0.1, 0.15) is 22.5 Å². The molecule has 0 bridgehead atoms. The Morgan fingerprint density at radius 3 is 2.82 bits per heavy atom. The highest BCUT2D eigenvalue weighted by Gasteiger charge is 2.33. The molecule has 1 fully saturated rings. The van der Waals surface area contributed by atoms with Gasteiger partial charge in [0.2, 0.25) is 5.96 Å². The summed E-state index contributed by atoms with van der Waals surface area (Å²) in [4.78, 5) is 42.3. The van der Waals surface area contributed by atoms with Crippen molar-refractivity contribution in [2.75, 3.05) is 72.0 Å². The number of nitrogens with one attached hydrogen (secondary N) is 3. The molecule has 0 aliphatic carbocycles. The highest BCUT2D eigenvalue weighted by molar-refractivity contribution is 7.14. The van der Waals surface area contributed by atoms with Gasteiger partial charge in [0.1, 0.15) is 17.2 Å². The predicted molar refractivity (Wildman–Crippen MR) is 143 cm³/mol. The lowest BCUT2D eigenvalue weighted by Crippen LogP contribution is -2.47. The number of aromatic nitrogens is 1. The van der Waals surface area contributed by atoms with E-state index >= 15 is 0 Å². The summed E-state index contributed by atoms with van der Waals surface area (Å²) >= 11 is 1.15. The molecule has 3 N–H and O–H groups in total. The number of anilines is 1. The lowest BCUT2D eigenvalue weighted by molar-refractivity contribution is 0.0357. The summed E-state index contributed by atoms with van der Waals surface area (Å²) in [5, 5.41) is 9.74. The van der Waals surface area contributed by atoms with Gasteiger partial charge in [0.15, 0.2) is 16.6 Å². The van der Waals surface area contributed by atoms with Crippen LogP contribution in [-0.2, 0) is 4.74 Å². The number of hydrogen-bond acceptors (Lipinski definition) is 11. The molecule has 3 amide bonds. The topological polar surface area (TPSA) is 142 Å². The van der Waals surface area contributed by atoms with E-state index in [1.54, 1.807) is 12.5 Å². The Morgan fingerprint density at radius 1 is 1.18 bits per heavy atom. The van der Waals surface area contributed by atoms with Gasteiger partial charge in [-0.1, -0.05) is 0 Å². The lowest BCUT2D eigenvalue weighted by atomic mass is 10.1. The van der Waals surface area contributed by atoms with Crippen LogP contribution in [0.15, 0.2) is 27.5 Å². The third-order valence-electron chi connectivity index (χ3n) is 6.24. The zero-order valence-corrected chi connectivity index (χ0v) is 22.1. The Balaban J connectivity index is 1.32. The number of methoxy groups -OCH3 is 1. The maximum atomic E-state index is 13.0. The quantitative estimate of drug-likeness (QED) is 0.426. The summed E-state index contributed by atoms with van der Waals surface area (Å²) in [6, 6.07) is 3.38. The standard InChI is InChI=1S/C24H30N8O5S/c1-25-23(34)30-24-27-16(14-38-24)21(33)29-22-28-18-15(20-26-6-8-32(20)22)4-5-17(19(18)35-2)37-11-3-7-31-9-12-36-13-10-31/h4-5,14H,3,6-13H2,1-2H3,(H,28,29,33)(H2,25,27,30,34). The Bertz CT molecular complexity index is 1260. The lowest BCUT2D eigenvalue weighted by Gasteiger charge is -2.28. The summed E-state index contributed by atoms with van der Waals surface area (Å²) in [6.45, 7) is 6.05. The Kier molecular flexibility index (Phi) is 8.00. The van der Waals surface area contributed by atoms with Crippen LogP contribution in [0.3, 0.4) is 0 Å². The first-order chi connectivity index (χ1) is 18.6.